The molecule has 1 rings (SSSR count). The van der Waals surface area contributed by atoms with Gasteiger partial charge in [0, 0.05) is 12.1 Å². The Labute approximate surface area is 146 Å². The van der Waals surface area contributed by atoms with Crippen molar-refractivity contribution in [3.05, 3.63) is 29.8 Å². The van der Waals surface area contributed by atoms with Crippen LogP contribution in [0.2, 0.25) is 0 Å². The predicted octanol–water partition coefficient (Wildman–Crippen LogP) is 2.84. The molecule has 0 aromatic heterocycles. The Hall–Kier alpha value is -1.59. The summed E-state index contributed by atoms with van der Waals surface area (Å²) in [6.45, 7) is 7.09. The Kier molecular flexibility index (Phi) is 8.22. The first-order valence-electron chi connectivity index (χ1n) is 8.58. The Morgan fingerprint density at radius 1 is 1.29 bits per heavy atom. The first kappa shape index (κ1) is 20.5. The predicted molar refractivity (Wildman–Crippen MR) is 97.3 cm³/mol. The van der Waals surface area contributed by atoms with Gasteiger partial charge in [-0.1, -0.05) is 26.0 Å². The minimum Gasteiger partial charge on any atom is -0.497 e. The second-order valence-corrected chi connectivity index (χ2v) is 6.35. The van der Waals surface area contributed by atoms with Crippen LogP contribution in [0.15, 0.2) is 24.3 Å². The number of amides is 1. The van der Waals surface area contributed by atoms with E-state index in [9.17, 15) is 4.79 Å². The molecule has 1 N–H and O–H groups in total. The second-order valence-electron chi connectivity index (χ2n) is 6.35. The summed E-state index contributed by atoms with van der Waals surface area (Å²) >= 11 is 0. The molecule has 24 heavy (non-hydrogen) atoms. The SMILES string of the molecule is CCC(CC)(CNC(=O)[C@@H](C)OCc1cccc(OC)c1)N(C)C. The van der Waals surface area contributed by atoms with Crippen LogP contribution in [0.4, 0.5) is 0 Å². The summed E-state index contributed by atoms with van der Waals surface area (Å²) in [5, 5.41) is 3.04. The maximum absolute atomic E-state index is 12.3. The molecule has 0 heterocycles. The summed E-state index contributed by atoms with van der Waals surface area (Å²) in [5.41, 5.74) is 0.973. The lowest BCUT2D eigenvalue weighted by Crippen LogP contribution is -2.53. The number of hydrogen-bond acceptors (Lipinski definition) is 4. The molecule has 0 aliphatic carbocycles. The quantitative estimate of drug-likeness (QED) is 0.714. The van der Waals surface area contributed by atoms with E-state index < -0.39 is 6.10 Å². The number of nitrogens with zero attached hydrogens (tertiary/aromatic N) is 1. The summed E-state index contributed by atoms with van der Waals surface area (Å²) in [7, 11) is 5.75. The summed E-state index contributed by atoms with van der Waals surface area (Å²) in [6.07, 6.45) is 1.47. The van der Waals surface area contributed by atoms with Gasteiger partial charge in [-0.05, 0) is 51.6 Å². The fourth-order valence-electron chi connectivity index (χ4n) is 2.75. The molecule has 5 heteroatoms. The van der Waals surface area contributed by atoms with Gasteiger partial charge in [-0.2, -0.15) is 0 Å². The molecule has 1 aromatic carbocycles. The highest BCUT2D eigenvalue weighted by molar-refractivity contribution is 5.80. The van der Waals surface area contributed by atoms with E-state index in [4.69, 9.17) is 9.47 Å². The summed E-state index contributed by atoms with van der Waals surface area (Å²) in [5.74, 6) is 0.709. The standard InChI is InChI=1S/C19H32N2O3/c1-7-19(8-2,21(4)5)14-20-18(22)15(3)24-13-16-10-9-11-17(12-16)23-6/h9-12,15H,7-8,13-14H2,1-6H3,(H,20,22)/t15-/m1/s1. The van der Waals surface area contributed by atoms with E-state index in [2.05, 4.69) is 38.2 Å². The van der Waals surface area contributed by atoms with Crippen LogP contribution < -0.4 is 10.1 Å². The van der Waals surface area contributed by atoms with Crippen LogP contribution in [0.3, 0.4) is 0 Å². The normalized spacial score (nSPS) is 13.0. The number of hydrogen-bond donors (Lipinski definition) is 1. The van der Waals surface area contributed by atoms with Crippen molar-refractivity contribution >= 4 is 5.91 Å². The van der Waals surface area contributed by atoms with E-state index in [-0.39, 0.29) is 11.4 Å². The average Bonchev–Trinajstić information content (AvgIpc) is 2.60. The van der Waals surface area contributed by atoms with Crippen molar-refractivity contribution in [1.29, 1.82) is 0 Å². The Morgan fingerprint density at radius 3 is 2.50 bits per heavy atom. The minimum absolute atomic E-state index is 0.0117. The number of methoxy groups -OCH3 is 1. The number of carbonyl (C=O) groups is 1. The lowest BCUT2D eigenvalue weighted by Gasteiger charge is -2.39. The lowest BCUT2D eigenvalue weighted by atomic mass is 9.91. The fraction of sp³-hybridized carbons (Fsp3) is 0.632. The van der Waals surface area contributed by atoms with Crippen LogP contribution in [0.5, 0.6) is 5.75 Å². The van der Waals surface area contributed by atoms with Crippen molar-refractivity contribution < 1.29 is 14.3 Å². The maximum atomic E-state index is 12.3. The molecule has 0 aliphatic heterocycles. The van der Waals surface area contributed by atoms with E-state index in [0.717, 1.165) is 24.2 Å². The average molecular weight is 336 g/mol. The summed E-state index contributed by atoms with van der Waals surface area (Å²) in [6, 6.07) is 7.67. The Balaban J connectivity index is 2.52. The monoisotopic (exact) mass is 336 g/mol. The van der Waals surface area contributed by atoms with E-state index in [1.54, 1.807) is 14.0 Å². The second kappa shape index (κ2) is 9.64. The van der Waals surface area contributed by atoms with Crippen molar-refractivity contribution in [1.82, 2.24) is 10.2 Å². The van der Waals surface area contributed by atoms with Gasteiger partial charge in [-0.25, -0.2) is 0 Å². The van der Waals surface area contributed by atoms with Crippen LogP contribution in [0, 0.1) is 0 Å². The van der Waals surface area contributed by atoms with E-state index in [1.165, 1.54) is 0 Å². The van der Waals surface area contributed by atoms with Crippen molar-refractivity contribution in [2.45, 2.75) is 51.9 Å². The largest absolute Gasteiger partial charge is 0.497 e. The van der Waals surface area contributed by atoms with Crippen LogP contribution in [-0.2, 0) is 16.1 Å². The maximum Gasteiger partial charge on any atom is 0.248 e. The number of carbonyl (C=O) groups excluding carboxylic acids is 1. The van der Waals surface area contributed by atoms with Gasteiger partial charge in [0.2, 0.25) is 5.91 Å². The van der Waals surface area contributed by atoms with Gasteiger partial charge in [0.1, 0.15) is 11.9 Å². The minimum atomic E-state index is -0.496. The molecule has 0 saturated heterocycles. The highest BCUT2D eigenvalue weighted by Crippen LogP contribution is 2.20. The van der Waals surface area contributed by atoms with Gasteiger partial charge in [-0.3, -0.25) is 4.79 Å². The summed E-state index contributed by atoms with van der Waals surface area (Å²) < 4.78 is 10.9. The van der Waals surface area contributed by atoms with Crippen LogP contribution in [-0.4, -0.2) is 50.2 Å². The summed E-state index contributed by atoms with van der Waals surface area (Å²) in [4.78, 5) is 14.5. The topological polar surface area (TPSA) is 50.8 Å². The van der Waals surface area contributed by atoms with Crippen molar-refractivity contribution in [2.75, 3.05) is 27.7 Å². The van der Waals surface area contributed by atoms with E-state index >= 15 is 0 Å². The Morgan fingerprint density at radius 2 is 1.96 bits per heavy atom. The zero-order valence-corrected chi connectivity index (χ0v) is 15.9. The highest BCUT2D eigenvalue weighted by Gasteiger charge is 2.29. The lowest BCUT2D eigenvalue weighted by molar-refractivity contribution is -0.133. The smallest absolute Gasteiger partial charge is 0.248 e. The van der Waals surface area contributed by atoms with Crippen LogP contribution >= 0.6 is 0 Å². The number of ether oxygens (including phenoxy) is 2. The number of benzene rings is 1. The van der Waals surface area contributed by atoms with Crippen molar-refractivity contribution in [3.8, 4) is 5.75 Å². The van der Waals surface area contributed by atoms with E-state index in [1.807, 2.05) is 24.3 Å². The van der Waals surface area contributed by atoms with Crippen LogP contribution in [0.25, 0.3) is 0 Å². The van der Waals surface area contributed by atoms with Gasteiger partial charge < -0.3 is 19.7 Å². The molecule has 1 atom stereocenters. The fourth-order valence-corrected chi connectivity index (χ4v) is 2.75. The molecule has 0 bridgehead atoms. The van der Waals surface area contributed by atoms with Gasteiger partial charge in [0.25, 0.3) is 0 Å². The molecule has 1 amide bonds. The van der Waals surface area contributed by atoms with E-state index in [0.29, 0.717) is 13.2 Å². The molecule has 0 spiro atoms. The zero-order chi connectivity index (χ0) is 18.2. The molecular formula is C19H32N2O3. The first-order chi connectivity index (χ1) is 11.4. The first-order valence-corrected chi connectivity index (χ1v) is 8.58. The third-order valence-corrected chi connectivity index (χ3v) is 4.86. The van der Waals surface area contributed by atoms with Gasteiger partial charge in [0.15, 0.2) is 0 Å². The Bertz CT molecular complexity index is 513. The number of rotatable bonds is 10. The molecule has 0 unspecified atom stereocenters. The molecule has 0 fully saturated rings. The van der Waals surface area contributed by atoms with Gasteiger partial charge in [-0.15, -0.1) is 0 Å². The molecule has 0 saturated carbocycles. The van der Waals surface area contributed by atoms with Gasteiger partial charge >= 0.3 is 0 Å². The number of nitrogens with one attached hydrogen (secondary N) is 1. The van der Waals surface area contributed by atoms with Gasteiger partial charge in [0.05, 0.1) is 13.7 Å². The molecule has 0 aliphatic rings. The molecule has 0 radical (unpaired) electrons. The van der Waals surface area contributed by atoms with Crippen molar-refractivity contribution in [3.63, 3.8) is 0 Å². The number of likely N-dealkylation sites (N-methyl/N-ethyl adjacent to an activating group) is 1. The molecule has 136 valence electrons. The zero-order valence-electron chi connectivity index (χ0n) is 15.9. The third-order valence-electron chi connectivity index (χ3n) is 4.86. The van der Waals surface area contributed by atoms with Crippen LogP contribution in [0.1, 0.15) is 39.2 Å². The third kappa shape index (κ3) is 5.49. The highest BCUT2D eigenvalue weighted by atomic mass is 16.5. The molecule has 1 aromatic rings. The molecule has 5 nitrogen and oxygen atoms in total. The van der Waals surface area contributed by atoms with Crippen molar-refractivity contribution in [2.24, 2.45) is 0 Å². The molecular weight excluding hydrogens is 304 g/mol.